The van der Waals surface area contributed by atoms with Gasteiger partial charge in [-0.2, -0.15) is 0 Å². The van der Waals surface area contributed by atoms with Gasteiger partial charge in [-0.1, -0.05) is 0 Å². The summed E-state index contributed by atoms with van der Waals surface area (Å²) in [5, 5.41) is 0. The van der Waals surface area contributed by atoms with Crippen LogP contribution in [0.25, 0.3) is 0 Å². The second-order valence-corrected chi connectivity index (χ2v) is 10.2. The van der Waals surface area contributed by atoms with Crippen molar-refractivity contribution in [3.05, 3.63) is 0 Å². The van der Waals surface area contributed by atoms with Gasteiger partial charge in [0.2, 0.25) is 0 Å². The van der Waals surface area contributed by atoms with E-state index in [0.29, 0.717) is 0 Å². The van der Waals surface area contributed by atoms with Crippen LogP contribution in [0.3, 0.4) is 0 Å². The van der Waals surface area contributed by atoms with Crippen molar-refractivity contribution < 1.29 is 0 Å². The molecular formula is C3H6BiS2+. The molecule has 1 aliphatic rings. The van der Waals surface area contributed by atoms with Crippen molar-refractivity contribution in [1.82, 2.24) is 0 Å². The van der Waals surface area contributed by atoms with E-state index in [1.165, 1.54) is 41.2 Å². The Morgan fingerprint density at radius 3 is 2.17 bits per heavy atom. The van der Waals surface area contributed by atoms with E-state index in [1.807, 2.05) is 0 Å². The van der Waals surface area contributed by atoms with Crippen LogP contribution in [0.1, 0.15) is 6.42 Å². The molecule has 1 fully saturated rings. The number of hydrogen-bond acceptors (Lipinski definition) is 1. The summed E-state index contributed by atoms with van der Waals surface area (Å²) in [4.78, 5) is 0. The Kier molecular flexibility index (Phi) is 2.65. The van der Waals surface area contributed by atoms with Crippen molar-refractivity contribution in [3.8, 4) is 0 Å². The molecule has 0 aromatic heterocycles. The first-order valence-corrected chi connectivity index (χ1v) is 9.04. The molecule has 2 radical (unpaired) electrons. The van der Waals surface area contributed by atoms with Gasteiger partial charge in [-0.05, 0) is 0 Å². The SMILES string of the molecule is [Bi][S][S+]1CCC1. The predicted molar refractivity (Wildman–Crippen MR) is 35.1 cm³/mol. The zero-order chi connectivity index (χ0) is 4.41. The van der Waals surface area contributed by atoms with Crippen LogP contribution in [0.2, 0.25) is 0 Å². The fourth-order valence-electron chi connectivity index (χ4n) is 0.337. The Labute approximate surface area is 58.3 Å². The normalized spacial score (nSPS) is 23.5. The monoisotopic (exact) mass is 315 g/mol. The first-order chi connectivity index (χ1) is 2.93. The van der Waals surface area contributed by atoms with Gasteiger partial charge in [0.25, 0.3) is 0 Å². The fraction of sp³-hybridized carbons (Fsp3) is 1.00. The van der Waals surface area contributed by atoms with Crippen molar-refractivity contribution in [2.45, 2.75) is 6.42 Å². The number of rotatable bonds is 1. The Bertz CT molecular complexity index is 41.3. The van der Waals surface area contributed by atoms with Gasteiger partial charge in [0.15, 0.2) is 0 Å². The molecule has 1 heterocycles. The standard InChI is InChI=1S/C3H6S2.Bi/c4-5-2-1-3-5;/h1-3H2;/q;+1. The Hall–Kier alpha value is 1.58. The van der Waals surface area contributed by atoms with Crippen LogP contribution in [0, 0.1) is 0 Å². The van der Waals surface area contributed by atoms with Crippen molar-refractivity contribution in [1.29, 1.82) is 0 Å². The molecule has 0 saturated carbocycles. The van der Waals surface area contributed by atoms with Gasteiger partial charge in [0.05, 0.1) is 0 Å². The quantitative estimate of drug-likeness (QED) is 0.391. The van der Waals surface area contributed by atoms with E-state index < -0.39 is 0 Å². The van der Waals surface area contributed by atoms with Crippen molar-refractivity contribution in [3.63, 3.8) is 0 Å². The fourth-order valence-corrected chi connectivity index (χ4v) is 7.38. The molecule has 0 aromatic carbocycles. The van der Waals surface area contributed by atoms with Crippen LogP contribution in [-0.4, -0.2) is 34.8 Å². The van der Waals surface area contributed by atoms with Gasteiger partial charge >= 0.3 is 58.7 Å². The van der Waals surface area contributed by atoms with Gasteiger partial charge in [0.1, 0.15) is 0 Å². The molecule has 1 rings (SSSR count). The summed E-state index contributed by atoms with van der Waals surface area (Å²) >= 11 is 1.53. The van der Waals surface area contributed by atoms with Gasteiger partial charge in [-0.3, -0.25) is 0 Å². The summed E-state index contributed by atoms with van der Waals surface area (Å²) in [6, 6.07) is 0. The maximum absolute atomic E-state index is 2.15. The molecule has 3 heteroatoms. The summed E-state index contributed by atoms with van der Waals surface area (Å²) in [5.74, 6) is 3.06. The van der Waals surface area contributed by atoms with Gasteiger partial charge in [0, 0.05) is 0 Å². The second kappa shape index (κ2) is 2.79. The zero-order valence-electron chi connectivity index (χ0n) is 3.39. The average Bonchev–Trinajstić information content (AvgIpc) is 1.31. The molecule has 6 heavy (non-hydrogen) atoms. The molecule has 1 aliphatic heterocycles. The van der Waals surface area contributed by atoms with E-state index in [0.717, 1.165) is 9.93 Å². The first kappa shape index (κ1) is 5.71. The Morgan fingerprint density at radius 2 is 2.17 bits per heavy atom. The van der Waals surface area contributed by atoms with E-state index in [2.05, 4.69) is 7.55 Å². The Morgan fingerprint density at radius 1 is 1.50 bits per heavy atom. The Balaban J connectivity index is 2.01. The molecule has 0 spiro atoms. The third-order valence-electron chi connectivity index (χ3n) is 0.849. The first-order valence-electron chi connectivity index (χ1n) is 1.93. The molecule has 0 N–H and O–H groups in total. The topological polar surface area (TPSA) is 0 Å². The summed E-state index contributed by atoms with van der Waals surface area (Å²) in [5.41, 5.74) is 0. The van der Waals surface area contributed by atoms with E-state index in [9.17, 15) is 0 Å². The average molecular weight is 315 g/mol. The molecule has 0 atom stereocenters. The summed E-state index contributed by atoms with van der Waals surface area (Å²) in [6.45, 7) is 0. The van der Waals surface area contributed by atoms with Crippen LogP contribution in [0.5, 0.6) is 0 Å². The molecule has 0 amide bonds. The van der Waals surface area contributed by atoms with Crippen LogP contribution < -0.4 is 0 Å². The molecule has 0 aromatic rings. The minimum absolute atomic E-state index is 0.863. The van der Waals surface area contributed by atoms with Gasteiger partial charge in [-0.25, -0.2) is 0 Å². The van der Waals surface area contributed by atoms with Crippen molar-refractivity contribution in [2.24, 2.45) is 0 Å². The summed E-state index contributed by atoms with van der Waals surface area (Å²) < 4.78 is 0. The molecule has 0 nitrogen and oxygen atoms in total. The van der Waals surface area contributed by atoms with Crippen LogP contribution >= 0.6 is 7.55 Å². The van der Waals surface area contributed by atoms with Crippen LogP contribution in [0.4, 0.5) is 0 Å². The number of hydrogen-bond donors (Lipinski definition) is 0. The van der Waals surface area contributed by atoms with Crippen LogP contribution in [-0.2, 0) is 9.93 Å². The minimum atomic E-state index is 0.863. The summed E-state index contributed by atoms with van der Waals surface area (Å²) in [6.07, 6.45) is 1.51. The van der Waals surface area contributed by atoms with Crippen molar-refractivity contribution in [2.75, 3.05) is 11.5 Å². The molecule has 0 unspecified atom stereocenters. The molecular weight excluding hydrogens is 309 g/mol. The molecule has 0 aliphatic carbocycles. The van der Waals surface area contributed by atoms with E-state index >= 15 is 0 Å². The van der Waals surface area contributed by atoms with E-state index in [1.54, 1.807) is 0 Å². The zero-order valence-corrected chi connectivity index (χ0v) is 8.50. The molecule has 0 bridgehead atoms. The van der Waals surface area contributed by atoms with E-state index in [-0.39, 0.29) is 0 Å². The van der Waals surface area contributed by atoms with Crippen LogP contribution in [0.15, 0.2) is 0 Å². The maximum atomic E-state index is 2.15. The molecule has 1 saturated heterocycles. The van der Waals surface area contributed by atoms with Gasteiger partial charge in [-0.15, -0.1) is 0 Å². The third-order valence-corrected chi connectivity index (χ3v) is 11.6. The van der Waals surface area contributed by atoms with Gasteiger partial charge < -0.3 is 0 Å². The van der Waals surface area contributed by atoms with E-state index in [4.69, 9.17) is 0 Å². The molecule has 34 valence electrons. The van der Waals surface area contributed by atoms with Crippen molar-refractivity contribution >= 4 is 40.7 Å². The summed E-state index contributed by atoms with van der Waals surface area (Å²) in [7, 11) is 3.01. The predicted octanol–water partition coefficient (Wildman–Crippen LogP) is 0.740. The third kappa shape index (κ3) is 1.28. The second-order valence-electron chi connectivity index (χ2n) is 1.28.